The van der Waals surface area contributed by atoms with Gasteiger partial charge in [-0.15, -0.1) is 0 Å². The monoisotopic (exact) mass is 361 g/mol. The molecule has 1 aliphatic rings. The molecule has 5 heteroatoms. The minimum Gasteiger partial charge on any atom is -0.444 e. The smallest absolute Gasteiger partial charge is 0.408 e. The van der Waals surface area contributed by atoms with Crippen molar-refractivity contribution in [2.24, 2.45) is 0 Å². The van der Waals surface area contributed by atoms with Gasteiger partial charge in [0.2, 0.25) is 0 Å². The van der Waals surface area contributed by atoms with Gasteiger partial charge in [-0.25, -0.2) is 4.79 Å². The zero-order valence-corrected chi connectivity index (χ0v) is 16.2. The maximum atomic E-state index is 11.7. The number of carbonyl (C=O) groups excluding carboxylic acids is 1. The van der Waals surface area contributed by atoms with Crippen LogP contribution in [-0.2, 0) is 20.8 Å². The Kier molecular flexibility index (Phi) is 7.66. The van der Waals surface area contributed by atoms with Crippen LogP contribution in [0, 0.1) is 0 Å². The molecule has 1 N–H and O–H groups in total. The van der Waals surface area contributed by atoms with Crippen LogP contribution in [0.15, 0.2) is 42.5 Å². The van der Waals surface area contributed by atoms with Crippen LogP contribution in [0.5, 0.6) is 0 Å². The van der Waals surface area contributed by atoms with E-state index >= 15 is 0 Å². The van der Waals surface area contributed by atoms with Crippen molar-refractivity contribution < 1.29 is 19.0 Å². The van der Waals surface area contributed by atoms with Gasteiger partial charge in [0.25, 0.3) is 0 Å². The summed E-state index contributed by atoms with van der Waals surface area (Å²) in [5.74, 6) is 0. The number of carbonyl (C=O) groups is 1. The van der Waals surface area contributed by atoms with Crippen LogP contribution in [-0.4, -0.2) is 36.6 Å². The first-order valence-electron chi connectivity index (χ1n) is 9.27. The van der Waals surface area contributed by atoms with Crippen molar-refractivity contribution in [2.45, 2.75) is 71.0 Å². The first-order chi connectivity index (χ1) is 12.3. The molecule has 3 atom stereocenters. The van der Waals surface area contributed by atoms with E-state index in [1.165, 1.54) is 5.56 Å². The first kappa shape index (κ1) is 20.5. The lowest BCUT2D eigenvalue weighted by Crippen LogP contribution is -2.37. The number of benzene rings is 1. The van der Waals surface area contributed by atoms with Crippen LogP contribution in [0.1, 0.15) is 46.1 Å². The summed E-state index contributed by atoms with van der Waals surface area (Å²) in [6.07, 6.45) is 5.63. The molecule has 0 radical (unpaired) electrons. The molecule has 1 heterocycles. The molecule has 0 saturated carbocycles. The summed E-state index contributed by atoms with van der Waals surface area (Å²) in [6.45, 7) is 8.66. The van der Waals surface area contributed by atoms with Crippen molar-refractivity contribution in [3.63, 3.8) is 0 Å². The number of alkyl carbamates (subject to hydrolysis) is 1. The minimum atomic E-state index is -0.491. The highest BCUT2D eigenvalue weighted by atomic mass is 16.6. The lowest BCUT2D eigenvalue weighted by Gasteiger charge is -2.27. The number of rotatable bonds is 6. The Morgan fingerprint density at radius 1 is 1.31 bits per heavy atom. The fraction of sp³-hybridized carbons (Fsp3) is 0.571. The van der Waals surface area contributed by atoms with Crippen LogP contribution in [0.2, 0.25) is 0 Å². The zero-order chi connectivity index (χ0) is 19.0. The van der Waals surface area contributed by atoms with Crippen LogP contribution in [0.4, 0.5) is 4.79 Å². The number of nitrogens with one attached hydrogen (secondary N) is 1. The molecule has 1 amide bonds. The van der Waals surface area contributed by atoms with Gasteiger partial charge in [-0.1, -0.05) is 42.5 Å². The summed E-state index contributed by atoms with van der Waals surface area (Å²) in [4.78, 5) is 11.7. The van der Waals surface area contributed by atoms with Gasteiger partial charge in [-0.05, 0) is 46.1 Å². The quantitative estimate of drug-likeness (QED) is 0.771. The van der Waals surface area contributed by atoms with E-state index in [9.17, 15) is 4.79 Å². The lowest BCUT2D eigenvalue weighted by molar-refractivity contribution is -0.0771. The molecule has 0 bridgehead atoms. The zero-order valence-electron chi connectivity index (χ0n) is 16.2. The average molecular weight is 361 g/mol. The molecule has 1 saturated heterocycles. The van der Waals surface area contributed by atoms with E-state index in [-0.39, 0.29) is 18.2 Å². The topological polar surface area (TPSA) is 56.8 Å². The fourth-order valence-corrected chi connectivity index (χ4v) is 2.65. The third kappa shape index (κ3) is 8.02. The molecule has 1 aliphatic heterocycles. The Balaban J connectivity index is 1.66. The van der Waals surface area contributed by atoms with Gasteiger partial charge in [-0.3, -0.25) is 0 Å². The van der Waals surface area contributed by atoms with Crippen molar-refractivity contribution in [1.29, 1.82) is 0 Å². The average Bonchev–Trinajstić information content (AvgIpc) is 2.58. The van der Waals surface area contributed by atoms with E-state index in [1.807, 2.05) is 58.0 Å². The van der Waals surface area contributed by atoms with Crippen molar-refractivity contribution >= 4 is 6.09 Å². The largest absolute Gasteiger partial charge is 0.444 e. The summed E-state index contributed by atoms with van der Waals surface area (Å²) < 4.78 is 17.0. The van der Waals surface area contributed by atoms with E-state index in [4.69, 9.17) is 14.2 Å². The molecule has 0 spiro atoms. The normalized spacial score (nSPS) is 22.2. The van der Waals surface area contributed by atoms with Crippen LogP contribution < -0.4 is 5.32 Å². The third-order valence-electron chi connectivity index (χ3n) is 3.96. The number of ether oxygens (including phenoxy) is 3. The highest BCUT2D eigenvalue weighted by Gasteiger charge is 2.21. The van der Waals surface area contributed by atoms with Crippen LogP contribution in [0.25, 0.3) is 0 Å². The Morgan fingerprint density at radius 3 is 2.65 bits per heavy atom. The molecule has 5 nitrogen and oxygen atoms in total. The van der Waals surface area contributed by atoms with Gasteiger partial charge in [-0.2, -0.15) is 0 Å². The van der Waals surface area contributed by atoms with Gasteiger partial charge in [0.15, 0.2) is 0 Å². The van der Waals surface area contributed by atoms with Crippen LogP contribution in [0.3, 0.4) is 0 Å². The third-order valence-corrected chi connectivity index (χ3v) is 3.96. The second-order valence-corrected chi connectivity index (χ2v) is 7.69. The van der Waals surface area contributed by atoms with Gasteiger partial charge in [0.1, 0.15) is 5.60 Å². The Hall–Kier alpha value is -1.85. The lowest BCUT2D eigenvalue weighted by atomic mass is 10.1. The molecule has 0 unspecified atom stereocenters. The highest BCUT2D eigenvalue weighted by Crippen LogP contribution is 2.18. The number of amides is 1. The molecule has 0 aromatic heterocycles. The van der Waals surface area contributed by atoms with E-state index in [1.54, 1.807) is 0 Å². The van der Waals surface area contributed by atoms with E-state index in [2.05, 4.69) is 17.4 Å². The molecule has 26 heavy (non-hydrogen) atoms. The summed E-state index contributed by atoms with van der Waals surface area (Å²) in [7, 11) is 0. The molecule has 2 rings (SSSR count). The summed E-state index contributed by atoms with van der Waals surface area (Å²) in [6, 6.07) is 10.1. The van der Waals surface area contributed by atoms with E-state index < -0.39 is 11.7 Å². The molecular formula is C21H31NO4. The summed E-state index contributed by atoms with van der Waals surface area (Å²) in [5.41, 5.74) is 0.686. The summed E-state index contributed by atoms with van der Waals surface area (Å²) >= 11 is 0. The summed E-state index contributed by atoms with van der Waals surface area (Å²) in [5, 5.41) is 2.80. The van der Waals surface area contributed by atoms with Gasteiger partial charge in [0.05, 0.1) is 25.4 Å². The molecule has 1 aromatic rings. The Bertz CT molecular complexity index is 571. The molecule has 1 fully saturated rings. The van der Waals surface area contributed by atoms with Gasteiger partial charge >= 0.3 is 6.09 Å². The molecule has 1 aromatic carbocycles. The first-order valence-corrected chi connectivity index (χ1v) is 9.27. The number of hydrogen-bond acceptors (Lipinski definition) is 4. The predicted molar refractivity (Wildman–Crippen MR) is 102 cm³/mol. The van der Waals surface area contributed by atoms with Gasteiger partial charge in [0, 0.05) is 6.04 Å². The molecule has 0 aliphatic carbocycles. The molecule has 144 valence electrons. The Labute approximate surface area is 156 Å². The van der Waals surface area contributed by atoms with Crippen molar-refractivity contribution in [3.8, 4) is 0 Å². The predicted octanol–water partition coefficient (Wildman–Crippen LogP) is 4.22. The Morgan fingerprint density at radius 2 is 2.04 bits per heavy atom. The second-order valence-electron chi connectivity index (χ2n) is 7.69. The van der Waals surface area contributed by atoms with Crippen molar-refractivity contribution in [3.05, 3.63) is 48.0 Å². The van der Waals surface area contributed by atoms with E-state index in [0.717, 1.165) is 12.8 Å². The maximum absolute atomic E-state index is 11.7. The SMILES string of the molecule is C[C@@H](/C=C/[C@@H]1CC[C@@H](OCc2ccccc2)CO1)NC(=O)OC(C)(C)C. The van der Waals surface area contributed by atoms with Crippen LogP contribution >= 0.6 is 0 Å². The highest BCUT2D eigenvalue weighted by molar-refractivity contribution is 5.68. The minimum absolute atomic E-state index is 0.0643. The van der Waals surface area contributed by atoms with Gasteiger partial charge < -0.3 is 19.5 Å². The van der Waals surface area contributed by atoms with Crippen molar-refractivity contribution in [1.82, 2.24) is 5.32 Å². The molecular weight excluding hydrogens is 330 g/mol. The fourth-order valence-electron chi connectivity index (χ4n) is 2.65. The van der Waals surface area contributed by atoms with Crippen molar-refractivity contribution in [2.75, 3.05) is 6.61 Å². The standard InChI is InChI=1S/C21H31NO4/c1-16(22-20(23)26-21(2,3)4)10-11-18-12-13-19(15-25-18)24-14-17-8-6-5-7-9-17/h5-11,16,18-19H,12-15H2,1-4H3,(H,22,23)/b11-10+/t16-,18+,19+/m0/s1. The van der Waals surface area contributed by atoms with E-state index in [0.29, 0.717) is 13.2 Å². The maximum Gasteiger partial charge on any atom is 0.408 e. The number of hydrogen-bond donors (Lipinski definition) is 1. The second kappa shape index (κ2) is 9.74.